The molecule has 3 nitrogen and oxygen atoms in total. The number of halogens is 1. The topological polar surface area (TPSA) is 42.0 Å². The van der Waals surface area contributed by atoms with E-state index in [-0.39, 0.29) is 16.8 Å². The Hall–Kier alpha value is -1.10. The van der Waals surface area contributed by atoms with Gasteiger partial charge in [0.25, 0.3) is 0 Å². The number of anilines is 1. The first-order valence-corrected chi connectivity index (χ1v) is 5.84. The third-order valence-electron chi connectivity index (χ3n) is 2.25. The van der Waals surface area contributed by atoms with Crippen molar-refractivity contribution in [2.24, 2.45) is 0 Å². The lowest BCUT2D eigenvalue weighted by atomic mass is 10.2. The summed E-state index contributed by atoms with van der Waals surface area (Å²) in [6.45, 7) is 0. The molecule has 1 aromatic rings. The first-order chi connectivity index (χ1) is 7.27. The fraction of sp³-hybridized carbons (Fsp3) is 0.400. The van der Waals surface area contributed by atoms with Gasteiger partial charge in [-0.2, -0.15) is 0 Å². The molecule has 1 amide bonds. The van der Waals surface area contributed by atoms with E-state index in [1.54, 1.807) is 11.8 Å². The summed E-state index contributed by atoms with van der Waals surface area (Å²) in [7, 11) is 0. The minimum Gasteiger partial charge on any atom is -0.323 e. The second-order valence-electron chi connectivity index (χ2n) is 3.35. The van der Waals surface area contributed by atoms with Crippen molar-refractivity contribution >= 4 is 23.4 Å². The van der Waals surface area contributed by atoms with Gasteiger partial charge in [0.15, 0.2) is 5.82 Å². The van der Waals surface area contributed by atoms with Gasteiger partial charge in [-0.1, -0.05) is 0 Å². The Morgan fingerprint density at radius 3 is 3.20 bits per heavy atom. The zero-order chi connectivity index (χ0) is 10.7. The highest BCUT2D eigenvalue weighted by atomic mass is 32.2. The number of rotatable bonds is 2. The summed E-state index contributed by atoms with van der Waals surface area (Å²) >= 11 is 1.63. The van der Waals surface area contributed by atoms with Gasteiger partial charge in [0.05, 0.1) is 17.1 Å². The first-order valence-electron chi connectivity index (χ1n) is 4.79. The highest BCUT2D eigenvalue weighted by molar-refractivity contribution is 8.00. The quantitative estimate of drug-likeness (QED) is 0.839. The highest BCUT2D eigenvalue weighted by Gasteiger charge is 2.23. The van der Waals surface area contributed by atoms with Gasteiger partial charge >= 0.3 is 0 Å². The summed E-state index contributed by atoms with van der Waals surface area (Å²) in [6, 6.07) is 1.47. The predicted molar refractivity (Wildman–Crippen MR) is 58.3 cm³/mol. The van der Waals surface area contributed by atoms with Crippen molar-refractivity contribution in [1.29, 1.82) is 0 Å². The average molecular weight is 226 g/mol. The van der Waals surface area contributed by atoms with E-state index < -0.39 is 5.82 Å². The SMILES string of the molecule is O=C(Nc1ccncc1F)C1CCCS1. The van der Waals surface area contributed by atoms with Gasteiger partial charge in [-0.15, -0.1) is 11.8 Å². The molecule has 1 aliphatic heterocycles. The molecular weight excluding hydrogens is 215 g/mol. The molecule has 1 unspecified atom stereocenters. The van der Waals surface area contributed by atoms with Crippen LogP contribution in [0.4, 0.5) is 10.1 Å². The van der Waals surface area contributed by atoms with Crippen molar-refractivity contribution < 1.29 is 9.18 Å². The fourth-order valence-electron chi connectivity index (χ4n) is 1.47. The molecule has 0 spiro atoms. The normalized spacial score (nSPS) is 20.2. The first kappa shape index (κ1) is 10.4. The van der Waals surface area contributed by atoms with E-state index in [0.717, 1.165) is 24.8 Å². The molecule has 2 rings (SSSR count). The number of carbonyl (C=O) groups is 1. The number of pyridine rings is 1. The van der Waals surface area contributed by atoms with Crippen molar-refractivity contribution in [2.75, 3.05) is 11.1 Å². The zero-order valence-electron chi connectivity index (χ0n) is 8.07. The van der Waals surface area contributed by atoms with Crippen LogP contribution in [0.1, 0.15) is 12.8 Å². The van der Waals surface area contributed by atoms with E-state index in [1.165, 1.54) is 12.3 Å². The zero-order valence-corrected chi connectivity index (χ0v) is 8.89. The Morgan fingerprint density at radius 2 is 2.53 bits per heavy atom. The maximum Gasteiger partial charge on any atom is 0.237 e. The van der Waals surface area contributed by atoms with E-state index in [0.29, 0.717) is 0 Å². The third kappa shape index (κ3) is 2.47. The van der Waals surface area contributed by atoms with Crippen LogP contribution in [0.5, 0.6) is 0 Å². The lowest BCUT2D eigenvalue weighted by molar-refractivity contribution is -0.115. The standard InChI is InChI=1S/C10H11FN2OS/c11-7-6-12-4-3-8(7)13-10(14)9-2-1-5-15-9/h3-4,6,9H,1-2,5H2,(H,12,13,14). The van der Waals surface area contributed by atoms with Crippen LogP contribution in [-0.4, -0.2) is 21.9 Å². The molecular formula is C10H11FN2OS. The molecule has 80 valence electrons. The van der Waals surface area contributed by atoms with Crippen molar-refractivity contribution in [3.8, 4) is 0 Å². The largest absolute Gasteiger partial charge is 0.323 e. The lowest BCUT2D eigenvalue weighted by Crippen LogP contribution is -2.23. The van der Waals surface area contributed by atoms with Crippen LogP contribution in [-0.2, 0) is 4.79 Å². The summed E-state index contributed by atoms with van der Waals surface area (Å²) < 4.78 is 13.2. The summed E-state index contributed by atoms with van der Waals surface area (Å²) in [5.74, 6) is 0.410. The van der Waals surface area contributed by atoms with Gasteiger partial charge in [0.2, 0.25) is 5.91 Å². The monoisotopic (exact) mass is 226 g/mol. The molecule has 1 aliphatic rings. The fourth-order valence-corrected chi connectivity index (χ4v) is 2.64. The molecule has 1 N–H and O–H groups in total. The van der Waals surface area contributed by atoms with Crippen molar-refractivity contribution in [3.05, 3.63) is 24.3 Å². The van der Waals surface area contributed by atoms with Crippen molar-refractivity contribution in [2.45, 2.75) is 18.1 Å². The molecule has 1 fully saturated rings. The second kappa shape index (κ2) is 4.61. The molecule has 0 bridgehead atoms. The number of hydrogen-bond donors (Lipinski definition) is 1. The van der Waals surface area contributed by atoms with Crippen LogP contribution in [0.2, 0.25) is 0 Å². The highest BCUT2D eigenvalue weighted by Crippen LogP contribution is 2.27. The molecule has 1 saturated heterocycles. The van der Waals surface area contributed by atoms with E-state index in [4.69, 9.17) is 0 Å². The number of nitrogens with one attached hydrogen (secondary N) is 1. The van der Waals surface area contributed by atoms with Crippen LogP contribution in [0.25, 0.3) is 0 Å². The van der Waals surface area contributed by atoms with E-state index in [2.05, 4.69) is 10.3 Å². The molecule has 2 heterocycles. The maximum absolute atomic E-state index is 13.2. The van der Waals surface area contributed by atoms with Gasteiger partial charge < -0.3 is 5.32 Å². The molecule has 1 aromatic heterocycles. The minimum atomic E-state index is -0.492. The van der Waals surface area contributed by atoms with Crippen LogP contribution in [0.15, 0.2) is 18.5 Å². The van der Waals surface area contributed by atoms with Gasteiger partial charge in [-0.3, -0.25) is 9.78 Å². The Morgan fingerprint density at radius 1 is 1.67 bits per heavy atom. The van der Waals surface area contributed by atoms with E-state index in [1.807, 2.05) is 0 Å². The molecule has 15 heavy (non-hydrogen) atoms. The van der Waals surface area contributed by atoms with Crippen LogP contribution >= 0.6 is 11.8 Å². The summed E-state index contributed by atoms with van der Waals surface area (Å²) in [5.41, 5.74) is 0.211. The van der Waals surface area contributed by atoms with E-state index >= 15 is 0 Å². The van der Waals surface area contributed by atoms with Crippen molar-refractivity contribution in [1.82, 2.24) is 4.98 Å². The van der Waals surface area contributed by atoms with Gasteiger partial charge in [-0.05, 0) is 24.7 Å². The lowest BCUT2D eigenvalue weighted by Gasteiger charge is -2.09. The Labute approximate surface area is 91.5 Å². The minimum absolute atomic E-state index is 0.0300. The maximum atomic E-state index is 13.2. The molecule has 0 radical (unpaired) electrons. The number of aromatic nitrogens is 1. The number of carbonyl (C=O) groups excluding carboxylic acids is 1. The van der Waals surface area contributed by atoms with Crippen LogP contribution < -0.4 is 5.32 Å². The number of hydrogen-bond acceptors (Lipinski definition) is 3. The van der Waals surface area contributed by atoms with Gasteiger partial charge in [0.1, 0.15) is 0 Å². The summed E-state index contributed by atoms with van der Waals surface area (Å²) in [6.07, 6.45) is 4.49. The smallest absolute Gasteiger partial charge is 0.237 e. The Balaban J connectivity index is 2.02. The molecule has 0 aromatic carbocycles. The Kier molecular flexibility index (Phi) is 3.20. The number of thioether (sulfide) groups is 1. The molecule has 0 aliphatic carbocycles. The van der Waals surface area contributed by atoms with Gasteiger partial charge in [-0.25, -0.2) is 4.39 Å². The number of amides is 1. The third-order valence-corrected chi connectivity index (χ3v) is 3.63. The predicted octanol–water partition coefficient (Wildman–Crippen LogP) is 2.05. The number of nitrogens with zero attached hydrogens (tertiary/aromatic N) is 1. The second-order valence-corrected chi connectivity index (χ2v) is 4.66. The van der Waals surface area contributed by atoms with Crippen molar-refractivity contribution in [3.63, 3.8) is 0 Å². The summed E-state index contributed by atoms with van der Waals surface area (Å²) in [5, 5.41) is 2.55. The van der Waals surface area contributed by atoms with Gasteiger partial charge in [0, 0.05) is 6.20 Å². The average Bonchev–Trinajstić information content (AvgIpc) is 2.74. The van der Waals surface area contributed by atoms with E-state index in [9.17, 15) is 9.18 Å². The molecule has 5 heteroatoms. The van der Waals surface area contributed by atoms with Crippen LogP contribution in [0.3, 0.4) is 0 Å². The summed E-state index contributed by atoms with van der Waals surface area (Å²) in [4.78, 5) is 15.3. The molecule has 1 atom stereocenters. The Bertz CT molecular complexity index is 366. The molecule has 0 saturated carbocycles. The van der Waals surface area contributed by atoms with Crippen LogP contribution in [0, 0.1) is 5.82 Å².